The number of carboxylic acid groups (broad SMARTS) is 1. The molecule has 0 saturated carbocycles. The van der Waals surface area contributed by atoms with Gasteiger partial charge < -0.3 is 15.3 Å². The van der Waals surface area contributed by atoms with E-state index in [0.717, 1.165) is 22.3 Å². The predicted molar refractivity (Wildman–Crippen MR) is 132 cm³/mol. The largest absolute Gasteiger partial charge is 0.480 e. The van der Waals surface area contributed by atoms with Crippen LogP contribution in [0.25, 0.3) is 0 Å². The van der Waals surface area contributed by atoms with Crippen LogP contribution in [-0.2, 0) is 22.4 Å². The van der Waals surface area contributed by atoms with Gasteiger partial charge in [-0.25, -0.2) is 4.79 Å². The number of likely N-dealkylation sites (N-methyl/N-ethyl adjacent to an activating group) is 1. The lowest BCUT2D eigenvalue weighted by molar-refractivity contribution is -0.142. The average molecular weight is 459 g/mol. The number of benzene rings is 3. The molecule has 3 aromatic carbocycles. The van der Waals surface area contributed by atoms with Crippen LogP contribution in [0, 0.1) is 13.8 Å². The maximum Gasteiger partial charge on any atom is 0.326 e. The van der Waals surface area contributed by atoms with Crippen molar-refractivity contribution in [3.63, 3.8) is 0 Å². The zero-order chi connectivity index (χ0) is 24.7. The van der Waals surface area contributed by atoms with E-state index < -0.39 is 24.0 Å². The fourth-order valence-corrected chi connectivity index (χ4v) is 4.00. The Morgan fingerprint density at radius 2 is 1.32 bits per heavy atom. The van der Waals surface area contributed by atoms with Crippen LogP contribution in [0.3, 0.4) is 0 Å². The fraction of sp³-hybridized carbons (Fsp3) is 0.250. The molecule has 0 bridgehead atoms. The summed E-state index contributed by atoms with van der Waals surface area (Å²) < 4.78 is 0. The maximum atomic E-state index is 13.4. The molecule has 0 fully saturated rings. The van der Waals surface area contributed by atoms with Crippen molar-refractivity contribution in [3.05, 3.63) is 107 Å². The van der Waals surface area contributed by atoms with Gasteiger partial charge in [0.05, 0.1) is 0 Å². The van der Waals surface area contributed by atoms with Crippen LogP contribution >= 0.6 is 0 Å². The van der Waals surface area contributed by atoms with Crippen LogP contribution in [0.4, 0.5) is 0 Å². The smallest absolute Gasteiger partial charge is 0.326 e. The highest BCUT2D eigenvalue weighted by Gasteiger charge is 2.31. The summed E-state index contributed by atoms with van der Waals surface area (Å²) in [5.41, 5.74) is 4.07. The number of nitrogens with one attached hydrogen (secondary N) is 1. The number of aliphatic carboxylic acids is 1. The number of hydrogen-bond donors (Lipinski definition) is 2. The third kappa shape index (κ3) is 6.54. The lowest BCUT2D eigenvalue weighted by Gasteiger charge is -2.29. The Bertz CT molecular complexity index is 1130. The zero-order valence-corrected chi connectivity index (χ0v) is 19.7. The van der Waals surface area contributed by atoms with E-state index in [0.29, 0.717) is 5.56 Å². The molecule has 0 unspecified atom stereocenters. The zero-order valence-electron chi connectivity index (χ0n) is 19.7. The quantitative estimate of drug-likeness (QED) is 0.511. The van der Waals surface area contributed by atoms with E-state index in [1.807, 2.05) is 80.6 Å². The third-order valence-electron chi connectivity index (χ3n) is 5.73. The van der Waals surface area contributed by atoms with Gasteiger partial charge in [0.1, 0.15) is 12.1 Å². The molecule has 6 heteroatoms. The van der Waals surface area contributed by atoms with E-state index in [1.54, 1.807) is 19.2 Å². The van der Waals surface area contributed by atoms with Gasteiger partial charge in [-0.1, -0.05) is 77.9 Å². The van der Waals surface area contributed by atoms with Crippen molar-refractivity contribution in [1.82, 2.24) is 10.2 Å². The molecule has 0 heterocycles. The minimum Gasteiger partial charge on any atom is -0.480 e. The minimum absolute atomic E-state index is 0.148. The number of carboxylic acids is 1. The summed E-state index contributed by atoms with van der Waals surface area (Å²) in [7, 11) is 1.58. The standard InChI is InChI=1S/C28H30N2O4/c1-19-14-20(2)16-23(15-19)27(32)30(3)25(18-22-12-8-5-9-13-22)26(31)29-24(28(33)34)17-21-10-6-4-7-11-21/h4-16,24-25H,17-18H2,1-3H3,(H,29,31)(H,33,34)/t24-,25-/m0/s1. The summed E-state index contributed by atoms with van der Waals surface area (Å²) in [6.45, 7) is 3.83. The van der Waals surface area contributed by atoms with Crippen LogP contribution in [0.5, 0.6) is 0 Å². The van der Waals surface area contributed by atoms with E-state index in [9.17, 15) is 19.5 Å². The molecule has 2 atom stereocenters. The van der Waals surface area contributed by atoms with Crippen LogP contribution in [0.15, 0.2) is 78.9 Å². The molecule has 0 spiro atoms. The molecule has 2 amide bonds. The minimum atomic E-state index is -1.13. The van der Waals surface area contributed by atoms with Crippen molar-refractivity contribution in [2.45, 2.75) is 38.8 Å². The molecule has 0 aromatic heterocycles. The first-order chi connectivity index (χ1) is 16.2. The highest BCUT2D eigenvalue weighted by Crippen LogP contribution is 2.16. The van der Waals surface area contributed by atoms with Gasteiger partial charge in [0.2, 0.25) is 5.91 Å². The number of nitrogens with zero attached hydrogens (tertiary/aromatic N) is 1. The van der Waals surface area contributed by atoms with Crippen LogP contribution in [-0.4, -0.2) is 46.9 Å². The van der Waals surface area contributed by atoms with E-state index in [1.165, 1.54) is 4.90 Å². The molecular formula is C28H30N2O4. The second-order valence-electron chi connectivity index (χ2n) is 8.59. The molecule has 176 valence electrons. The van der Waals surface area contributed by atoms with Crippen molar-refractivity contribution in [1.29, 1.82) is 0 Å². The molecule has 0 aliphatic carbocycles. The first-order valence-electron chi connectivity index (χ1n) is 11.2. The number of carbonyl (C=O) groups excluding carboxylic acids is 2. The van der Waals surface area contributed by atoms with Crippen molar-refractivity contribution in [2.75, 3.05) is 7.05 Å². The predicted octanol–water partition coefficient (Wildman–Crippen LogP) is 3.80. The third-order valence-corrected chi connectivity index (χ3v) is 5.73. The Balaban J connectivity index is 1.87. The molecule has 0 radical (unpaired) electrons. The molecular weight excluding hydrogens is 428 g/mol. The number of amides is 2. The Hall–Kier alpha value is -3.93. The number of aryl methyl sites for hydroxylation is 2. The highest BCUT2D eigenvalue weighted by molar-refractivity contribution is 5.98. The number of rotatable bonds is 9. The van der Waals surface area contributed by atoms with Crippen LogP contribution in [0.1, 0.15) is 32.6 Å². The molecule has 0 aliphatic heterocycles. The van der Waals surface area contributed by atoms with E-state index in [2.05, 4.69) is 5.32 Å². The average Bonchev–Trinajstić information content (AvgIpc) is 2.81. The fourth-order valence-electron chi connectivity index (χ4n) is 4.00. The summed E-state index contributed by atoms with van der Waals surface area (Å²) >= 11 is 0. The van der Waals surface area contributed by atoms with E-state index >= 15 is 0 Å². The van der Waals surface area contributed by atoms with Crippen molar-refractivity contribution >= 4 is 17.8 Å². The lowest BCUT2D eigenvalue weighted by Crippen LogP contribution is -2.53. The molecule has 0 saturated heterocycles. The Morgan fingerprint density at radius 3 is 1.82 bits per heavy atom. The van der Waals surface area contributed by atoms with Crippen LogP contribution in [0.2, 0.25) is 0 Å². The highest BCUT2D eigenvalue weighted by atomic mass is 16.4. The van der Waals surface area contributed by atoms with Crippen LogP contribution < -0.4 is 5.32 Å². The van der Waals surface area contributed by atoms with Crippen molar-refractivity contribution in [3.8, 4) is 0 Å². The summed E-state index contributed by atoms with van der Waals surface area (Å²) in [6.07, 6.45) is 0.409. The maximum absolute atomic E-state index is 13.4. The Labute approximate surface area is 200 Å². The Morgan fingerprint density at radius 1 is 0.824 bits per heavy atom. The van der Waals surface area contributed by atoms with Gasteiger partial charge in [-0.2, -0.15) is 0 Å². The van der Waals surface area contributed by atoms with E-state index in [4.69, 9.17) is 0 Å². The molecule has 0 aliphatic rings. The number of carbonyl (C=O) groups is 3. The molecule has 34 heavy (non-hydrogen) atoms. The van der Waals surface area contributed by atoms with Gasteiger partial charge in [-0.3, -0.25) is 9.59 Å². The second-order valence-corrected chi connectivity index (χ2v) is 8.59. The SMILES string of the molecule is Cc1cc(C)cc(C(=O)N(C)[C@@H](Cc2ccccc2)C(=O)N[C@@H](Cc2ccccc2)C(=O)O)c1. The topological polar surface area (TPSA) is 86.7 Å². The summed E-state index contributed by atoms with van der Waals surface area (Å²) in [5.74, 6) is -1.93. The van der Waals surface area contributed by atoms with Gasteiger partial charge in [0, 0.05) is 25.5 Å². The number of hydrogen-bond acceptors (Lipinski definition) is 3. The first-order valence-corrected chi connectivity index (χ1v) is 11.2. The summed E-state index contributed by atoms with van der Waals surface area (Å²) in [6, 6.07) is 22.1. The molecule has 3 rings (SSSR count). The summed E-state index contributed by atoms with van der Waals surface area (Å²) in [4.78, 5) is 40.0. The molecule has 6 nitrogen and oxygen atoms in total. The van der Waals surface area contributed by atoms with Gasteiger partial charge >= 0.3 is 5.97 Å². The molecule has 2 N–H and O–H groups in total. The van der Waals surface area contributed by atoms with Gasteiger partial charge in [0.25, 0.3) is 5.91 Å². The molecule has 3 aromatic rings. The van der Waals surface area contributed by atoms with Gasteiger partial charge in [-0.15, -0.1) is 0 Å². The summed E-state index contributed by atoms with van der Waals surface area (Å²) in [5, 5.41) is 12.4. The second kappa shape index (κ2) is 11.3. The normalized spacial score (nSPS) is 12.4. The van der Waals surface area contributed by atoms with Gasteiger partial charge in [0.15, 0.2) is 0 Å². The lowest BCUT2D eigenvalue weighted by atomic mass is 10.0. The van der Waals surface area contributed by atoms with E-state index in [-0.39, 0.29) is 18.7 Å². The van der Waals surface area contributed by atoms with Crippen molar-refractivity contribution in [2.24, 2.45) is 0 Å². The monoisotopic (exact) mass is 458 g/mol. The van der Waals surface area contributed by atoms with Crippen molar-refractivity contribution < 1.29 is 19.5 Å². The van der Waals surface area contributed by atoms with Gasteiger partial charge in [-0.05, 0) is 37.1 Å². The Kier molecular flexibility index (Phi) is 8.19. The first kappa shape index (κ1) is 24.7.